The van der Waals surface area contributed by atoms with Crippen LogP contribution in [0.5, 0.6) is 0 Å². The van der Waals surface area contributed by atoms with Crippen molar-refractivity contribution < 1.29 is 28.6 Å². The van der Waals surface area contributed by atoms with Crippen molar-refractivity contribution in [3.05, 3.63) is 83.3 Å². The van der Waals surface area contributed by atoms with E-state index in [1.807, 2.05) is 55.5 Å². The monoisotopic (exact) mass is 573 g/mol. The second kappa shape index (κ2) is 15.0. The predicted molar refractivity (Wildman–Crippen MR) is 162 cm³/mol. The molecule has 0 spiro atoms. The minimum Gasteiger partial charge on any atom is -0.457 e. The third-order valence-corrected chi connectivity index (χ3v) is 8.09. The molecule has 7 nitrogen and oxygen atoms in total. The highest BCUT2D eigenvalue weighted by Crippen LogP contribution is 2.35. The van der Waals surface area contributed by atoms with Crippen molar-refractivity contribution in [1.29, 1.82) is 0 Å². The average molecular weight is 574 g/mol. The first-order valence-corrected chi connectivity index (χ1v) is 15.2. The van der Waals surface area contributed by atoms with E-state index in [0.29, 0.717) is 6.42 Å². The fourth-order valence-corrected chi connectivity index (χ4v) is 5.63. The quantitative estimate of drug-likeness (QED) is 0.113. The highest BCUT2D eigenvalue weighted by molar-refractivity contribution is 6.12. The first kappa shape index (κ1) is 31.2. The van der Waals surface area contributed by atoms with Crippen LogP contribution in [0.3, 0.4) is 0 Å². The second-order valence-electron chi connectivity index (χ2n) is 11.4. The normalized spacial score (nSPS) is 17.3. The molecule has 0 bridgehead atoms. The zero-order valence-corrected chi connectivity index (χ0v) is 25.0. The van der Waals surface area contributed by atoms with Gasteiger partial charge in [0.05, 0.1) is 6.04 Å². The molecule has 1 fully saturated rings. The van der Waals surface area contributed by atoms with Crippen LogP contribution in [0.4, 0.5) is 4.79 Å². The highest BCUT2D eigenvalue weighted by Gasteiger charge is 2.46. The summed E-state index contributed by atoms with van der Waals surface area (Å²) in [5.74, 6) is -1.28. The first-order chi connectivity index (χ1) is 20.3. The Morgan fingerprint density at radius 3 is 2.24 bits per heavy atom. The van der Waals surface area contributed by atoms with Crippen LogP contribution in [0, 0.1) is 12.8 Å². The van der Waals surface area contributed by atoms with Gasteiger partial charge in [-0.25, -0.2) is 9.69 Å². The summed E-state index contributed by atoms with van der Waals surface area (Å²) in [6, 6.07) is 18.6. The number of hydrogen-bond acceptors (Lipinski definition) is 6. The van der Waals surface area contributed by atoms with Crippen LogP contribution >= 0.6 is 0 Å². The number of furan rings is 1. The molecule has 1 aliphatic rings. The van der Waals surface area contributed by atoms with Gasteiger partial charge in [0.25, 0.3) is 0 Å². The number of ketones is 1. The molecule has 2 aromatic carbocycles. The summed E-state index contributed by atoms with van der Waals surface area (Å²) < 4.78 is 11.7. The fourth-order valence-electron chi connectivity index (χ4n) is 5.63. The van der Waals surface area contributed by atoms with Crippen molar-refractivity contribution >= 4 is 17.8 Å². The maximum absolute atomic E-state index is 13.6. The van der Waals surface area contributed by atoms with Crippen molar-refractivity contribution in [3.63, 3.8) is 0 Å². The van der Waals surface area contributed by atoms with Crippen LogP contribution in [-0.4, -0.2) is 40.4 Å². The van der Waals surface area contributed by atoms with Crippen LogP contribution in [0.2, 0.25) is 0 Å². The fraction of sp³-hybridized carbons (Fsp3) is 0.457. The topological polar surface area (TPSA) is 97.1 Å². The molecular formula is C35H43NO6. The van der Waals surface area contributed by atoms with Gasteiger partial charge in [-0.1, -0.05) is 98.7 Å². The zero-order chi connectivity index (χ0) is 30.1. The molecule has 0 aliphatic carbocycles. The van der Waals surface area contributed by atoms with Crippen molar-refractivity contribution in [2.45, 2.75) is 90.7 Å². The number of amides is 2. The van der Waals surface area contributed by atoms with Gasteiger partial charge < -0.3 is 14.3 Å². The summed E-state index contributed by atoms with van der Waals surface area (Å²) in [5, 5.41) is 8.91. The van der Waals surface area contributed by atoms with E-state index in [0.717, 1.165) is 71.4 Å². The lowest BCUT2D eigenvalue weighted by Gasteiger charge is -2.21. The second-order valence-corrected chi connectivity index (χ2v) is 11.4. The average Bonchev–Trinajstić information content (AvgIpc) is 3.55. The van der Waals surface area contributed by atoms with Crippen LogP contribution in [-0.2, 0) is 16.0 Å². The number of rotatable bonds is 15. The Hall–Kier alpha value is -3.71. The van der Waals surface area contributed by atoms with Crippen molar-refractivity contribution in [3.8, 4) is 11.1 Å². The molecule has 0 radical (unpaired) electrons. The number of aliphatic hydroxyl groups excluding tert-OH is 1. The van der Waals surface area contributed by atoms with Gasteiger partial charge in [0.15, 0.2) is 5.76 Å². The van der Waals surface area contributed by atoms with E-state index in [2.05, 4.69) is 6.07 Å². The Morgan fingerprint density at radius 1 is 0.905 bits per heavy atom. The number of unbranched alkanes of at least 4 members (excludes halogenated alkanes) is 7. The maximum Gasteiger partial charge on any atom is 0.417 e. The number of aryl methyl sites for hydroxylation is 2. The van der Waals surface area contributed by atoms with Gasteiger partial charge in [0.1, 0.15) is 17.8 Å². The van der Waals surface area contributed by atoms with Crippen LogP contribution < -0.4 is 0 Å². The van der Waals surface area contributed by atoms with Gasteiger partial charge in [-0.3, -0.25) is 9.59 Å². The molecule has 3 atom stereocenters. The number of aliphatic hydroxyl groups is 1. The van der Waals surface area contributed by atoms with E-state index in [1.165, 1.54) is 19.8 Å². The molecule has 0 unspecified atom stereocenters. The molecular weight excluding hydrogens is 530 g/mol. The molecule has 224 valence electrons. The lowest BCUT2D eigenvalue weighted by molar-refractivity contribution is -0.131. The van der Waals surface area contributed by atoms with Gasteiger partial charge in [-0.2, -0.15) is 0 Å². The lowest BCUT2D eigenvalue weighted by Crippen LogP contribution is -2.43. The maximum atomic E-state index is 13.6. The Labute approximate surface area is 248 Å². The van der Waals surface area contributed by atoms with Gasteiger partial charge in [-0.15, -0.1) is 0 Å². The number of nitrogens with zero attached hydrogens (tertiary/aromatic N) is 1. The number of benzene rings is 2. The number of ether oxygens (including phenoxy) is 1. The molecule has 0 saturated carbocycles. The molecule has 4 rings (SSSR count). The number of carbonyl (C=O) groups is 3. The van der Waals surface area contributed by atoms with Gasteiger partial charge in [0, 0.05) is 18.6 Å². The molecule has 7 heteroatoms. The molecule has 42 heavy (non-hydrogen) atoms. The van der Waals surface area contributed by atoms with Gasteiger partial charge >= 0.3 is 6.09 Å². The van der Waals surface area contributed by atoms with E-state index in [9.17, 15) is 14.4 Å². The minimum atomic E-state index is -1.11. The SMILES string of the molecule is Cc1cccc(-c2cc(C(=O)[C@H](C)C(=O)N3C(=O)O[C@H](c4ccccc4)[C@@H]3C)oc2CCCCCCCCCCO)c1. The summed E-state index contributed by atoms with van der Waals surface area (Å²) in [6.45, 7) is 5.57. The Kier molecular flexibility index (Phi) is 11.1. The smallest absolute Gasteiger partial charge is 0.417 e. The molecule has 1 aliphatic heterocycles. The number of cyclic esters (lactones) is 1. The van der Waals surface area contributed by atoms with Gasteiger partial charge in [-0.05, 0) is 50.8 Å². The first-order valence-electron chi connectivity index (χ1n) is 15.2. The summed E-state index contributed by atoms with van der Waals surface area (Å²) in [5.41, 5.74) is 3.74. The molecule has 2 amide bonds. The molecule has 1 aromatic heterocycles. The lowest BCUT2D eigenvalue weighted by atomic mass is 9.98. The number of imide groups is 1. The Bertz CT molecular complexity index is 1350. The Balaban J connectivity index is 1.45. The summed E-state index contributed by atoms with van der Waals surface area (Å²) in [4.78, 5) is 40.9. The van der Waals surface area contributed by atoms with Crippen LogP contribution in [0.1, 0.15) is 98.8 Å². The molecule has 2 heterocycles. The number of Topliss-reactive ketones (excluding diaryl/α,β-unsaturated/α-hetero) is 1. The van der Waals surface area contributed by atoms with E-state index in [4.69, 9.17) is 14.3 Å². The third-order valence-electron chi connectivity index (χ3n) is 8.09. The van der Waals surface area contributed by atoms with Gasteiger partial charge in [0.2, 0.25) is 11.7 Å². The van der Waals surface area contributed by atoms with Crippen LogP contribution in [0.15, 0.2) is 65.1 Å². The van der Waals surface area contributed by atoms with Crippen molar-refractivity contribution in [1.82, 2.24) is 4.90 Å². The predicted octanol–water partition coefficient (Wildman–Crippen LogP) is 7.84. The number of hydrogen-bond donors (Lipinski definition) is 1. The Morgan fingerprint density at radius 2 is 1.57 bits per heavy atom. The van der Waals surface area contributed by atoms with Crippen molar-refractivity contribution in [2.75, 3.05) is 6.61 Å². The summed E-state index contributed by atoms with van der Waals surface area (Å²) >= 11 is 0. The van der Waals surface area contributed by atoms with Crippen LogP contribution in [0.25, 0.3) is 11.1 Å². The van der Waals surface area contributed by atoms with E-state index in [-0.39, 0.29) is 12.4 Å². The van der Waals surface area contributed by atoms with E-state index in [1.54, 1.807) is 13.0 Å². The molecule has 1 N–H and O–H groups in total. The molecule has 1 saturated heterocycles. The van der Waals surface area contributed by atoms with E-state index >= 15 is 0 Å². The number of carbonyl (C=O) groups excluding carboxylic acids is 3. The summed E-state index contributed by atoms with van der Waals surface area (Å²) in [6.07, 6.45) is 7.93. The highest BCUT2D eigenvalue weighted by atomic mass is 16.6. The molecule has 3 aromatic rings. The minimum absolute atomic E-state index is 0.131. The summed E-state index contributed by atoms with van der Waals surface area (Å²) in [7, 11) is 0. The van der Waals surface area contributed by atoms with Crippen molar-refractivity contribution in [2.24, 2.45) is 5.92 Å². The standard InChI is InChI=1S/C35H43NO6/c1-24-16-15-19-28(22-24)29-23-31(41-30(29)20-13-8-6-4-5-7-9-14-21-37)32(38)25(2)34(39)36-26(3)33(42-35(36)40)27-17-11-10-12-18-27/h10-12,15-19,22-23,25-26,33,37H,4-9,13-14,20-21H2,1-3H3/t25-,26-,33-/m0/s1. The largest absolute Gasteiger partial charge is 0.457 e. The van der Waals surface area contributed by atoms with E-state index < -0.39 is 35.8 Å². The third kappa shape index (κ3) is 7.57. The zero-order valence-electron chi connectivity index (χ0n) is 25.0.